The zero-order valence-corrected chi connectivity index (χ0v) is 13.6. The number of hydrogen-bond acceptors (Lipinski definition) is 5. The lowest BCUT2D eigenvalue weighted by Gasteiger charge is -2.32. The molecule has 0 saturated carbocycles. The second kappa shape index (κ2) is 7.88. The Kier molecular flexibility index (Phi) is 5.38. The van der Waals surface area contributed by atoms with E-state index in [0.717, 1.165) is 39.0 Å². The van der Waals surface area contributed by atoms with Crippen molar-refractivity contribution in [1.29, 1.82) is 0 Å². The average molecular weight is 326 g/mol. The monoisotopic (exact) mass is 326 g/mol. The van der Waals surface area contributed by atoms with E-state index >= 15 is 0 Å². The van der Waals surface area contributed by atoms with Crippen molar-refractivity contribution in [2.24, 2.45) is 5.92 Å². The maximum absolute atomic E-state index is 11.2. The van der Waals surface area contributed by atoms with E-state index in [9.17, 15) is 9.90 Å². The molecule has 1 aliphatic heterocycles. The summed E-state index contributed by atoms with van der Waals surface area (Å²) in [5, 5.41) is 12.4. The van der Waals surface area contributed by atoms with Gasteiger partial charge >= 0.3 is 5.97 Å². The van der Waals surface area contributed by atoms with Gasteiger partial charge in [-0.05, 0) is 61.7 Å². The number of aromatic carboxylic acids is 1. The number of anilines is 1. The Hall–Kier alpha value is -2.47. The summed E-state index contributed by atoms with van der Waals surface area (Å²) in [5.41, 5.74) is 1.52. The minimum absolute atomic E-state index is 0.229. The number of piperidine rings is 1. The number of rotatable bonds is 6. The first-order chi connectivity index (χ1) is 11.7. The molecule has 24 heavy (non-hydrogen) atoms. The van der Waals surface area contributed by atoms with E-state index < -0.39 is 5.97 Å². The fraction of sp³-hybridized carbons (Fsp3) is 0.389. The van der Waals surface area contributed by atoms with Gasteiger partial charge < -0.3 is 10.4 Å². The van der Waals surface area contributed by atoms with E-state index in [1.807, 2.05) is 12.4 Å². The van der Waals surface area contributed by atoms with Crippen LogP contribution in [0.4, 0.5) is 5.82 Å². The van der Waals surface area contributed by atoms with Crippen molar-refractivity contribution < 1.29 is 9.90 Å². The minimum Gasteiger partial charge on any atom is -0.478 e. The van der Waals surface area contributed by atoms with Gasteiger partial charge in [0.05, 0.1) is 0 Å². The van der Waals surface area contributed by atoms with Crippen LogP contribution in [0, 0.1) is 5.92 Å². The molecule has 0 aliphatic carbocycles. The fourth-order valence-corrected chi connectivity index (χ4v) is 3.05. The summed E-state index contributed by atoms with van der Waals surface area (Å²) in [7, 11) is 0. The molecule has 6 nitrogen and oxygen atoms in total. The van der Waals surface area contributed by atoms with Crippen LogP contribution >= 0.6 is 0 Å². The number of pyridine rings is 2. The zero-order chi connectivity index (χ0) is 16.8. The largest absolute Gasteiger partial charge is 0.478 e. The Bertz CT molecular complexity index is 670. The van der Waals surface area contributed by atoms with Crippen molar-refractivity contribution in [3.05, 3.63) is 54.0 Å². The second-order valence-electron chi connectivity index (χ2n) is 6.16. The molecule has 0 radical (unpaired) electrons. The summed E-state index contributed by atoms with van der Waals surface area (Å²) >= 11 is 0. The van der Waals surface area contributed by atoms with E-state index in [2.05, 4.69) is 32.3 Å². The Morgan fingerprint density at radius 3 is 2.67 bits per heavy atom. The standard InChI is InChI=1S/C18H22N4O2/c23-18(24)16-2-1-7-20-17(16)21-12-14-5-10-22(11-6-14)13-15-3-8-19-9-4-15/h1-4,7-9,14H,5-6,10-13H2,(H,20,21)(H,23,24). The highest BCUT2D eigenvalue weighted by Gasteiger charge is 2.20. The summed E-state index contributed by atoms with van der Waals surface area (Å²) in [6, 6.07) is 7.34. The number of nitrogens with one attached hydrogen (secondary N) is 1. The normalized spacial score (nSPS) is 16.0. The SMILES string of the molecule is O=C(O)c1cccnc1NCC1CCN(Cc2ccncc2)CC1. The van der Waals surface area contributed by atoms with Crippen LogP contribution < -0.4 is 5.32 Å². The summed E-state index contributed by atoms with van der Waals surface area (Å²) in [5.74, 6) is 0.0596. The predicted molar refractivity (Wildman–Crippen MR) is 91.9 cm³/mol. The second-order valence-corrected chi connectivity index (χ2v) is 6.16. The van der Waals surface area contributed by atoms with Crippen molar-refractivity contribution in [2.45, 2.75) is 19.4 Å². The number of nitrogens with zero attached hydrogens (tertiary/aromatic N) is 3. The van der Waals surface area contributed by atoms with Gasteiger partial charge in [0.25, 0.3) is 0 Å². The first-order valence-corrected chi connectivity index (χ1v) is 8.26. The van der Waals surface area contributed by atoms with Crippen LogP contribution in [0.2, 0.25) is 0 Å². The number of aromatic nitrogens is 2. The molecule has 6 heteroatoms. The highest BCUT2D eigenvalue weighted by molar-refractivity contribution is 5.92. The van der Waals surface area contributed by atoms with Crippen molar-refractivity contribution >= 4 is 11.8 Å². The molecule has 2 N–H and O–H groups in total. The van der Waals surface area contributed by atoms with Crippen LogP contribution in [-0.2, 0) is 6.54 Å². The highest BCUT2D eigenvalue weighted by atomic mass is 16.4. The van der Waals surface area contributed by atoms with E-state index in [1.54, 1.807) is 18.3 Å². The van der Waals surface area contributed by atoms with Gasteiger partial charge in [0.15, 0.2) is 0 Å². The maximum Gasteiger partial charge on any atom is 0.339 e. The van der Waals surface area contributed by atoms with Crippen LogP contribution in [0.3, 0.4) is 0 Å². The van der Waals surface area contributed by atoms with Gasteiger partial charge in [0, 0.05) is 31.7 Å². The van der Waals surface area contributed by atoms with Crippen molar-refractivity contribution in [3.63, 3.8) is 0 Å². The van der Waals surface area contributed by atoms with E-state index in [-0.39, 0.29) is 5.56 Å². The lowest BCUT2D eigenvalue weighted by atomic mass is 9.96. The summed E-state index contributed by atoms with van der Waals surface area (Å²) < 4.78 is 0. The third-order valence-corrected chi connectivity index (χ3v) is 4.46. The van der Waals surface area contributed by atoms with Crippen molar-refractivity contribution in [2.75, 3.05) is 25.0 Å². The zero-order valence-electron chi connectivity index (χ0n) is 13.6. The molecule has 126 valence electrons. The van der Waals surface area contributed by atoms with E-state index in [4.69, 9.17) is 0 Å². The Labute approximate surface area is 141 Å². The lowest BCUT2D eigenvalue weighted by molar-refractivity contribution is 0.0697. The van der Waals surface area contributed by atoms with E-state index in [0.29, 0.717) is 11.7 Å². The van der Waals surface area contributed by atoms with Gasteiger partial charge in [0.1, 0.15) is 11.4 Å². The number of carbonyl (C=O) groups is 1. The molecule has 3 heterocycles. The van der Waals surface area contributed by atoms with Crippen molar-refractivity contribution in [3.8, 4) is 0 Å². The average Bonchev–Trinajstić information content (AvgIpc) is 2.62. The topological polar surface area (TPSA) is 78.3 Å². The molecule has 1 aliphatic rings. The molecule has 1 saturated heterocycles. The molecule has 0 aromatic carbocycles. The quantitative estimate of drug-likeness (QED) is 0.849. The highest BCUT2D eigenvalue weighted by Crippen LogP contribution is 2.20. The maximum atomic E-state index is 11.2. The van der Waals surface area contributed by atoms with Crippen LogP contribution in [0.15, 0.2) is 42.9 Å². The molecule has 2 aromatic heterocycles. The van der Waals surface area contributed by atoms with Gasteiger partial charge in [-0.1, -0.05) is 0 Å². The number of carboxylic acid groups (broad SMARTS) is 1. The Balaban J connectivity index is 1.47. The molecule has 0 bridgehead atoms. The Morgan fingerprint density at radius 2 is 1.96 bits per heavy atom. The molecule has 0 unspecified atom stereocenters. The number of hydrogen-bond donors (Lipinski definition) is 2. The molecule has 0 amide bonds. The summed E-state index contributed by atoms with van der Waals surface area (Å²) in [4.78, 5) is 21.8. The van der Waals surface area contributed by atoms with E-state index in [1.165, 1.54) is 5.56 Å². The van der Waals surface area contributed by atoms with Gasteiger partial charge in [-0.3, -0.25) is 9.88 Å². The lowest BCUT2D eigenvalue weighted by Crippen LogP contribution is -2.35. The smallest absolute Gasteiger partial charge is 0.339 e. The van der Waals surface area contributed by atoms with Gasteiger partial charge in [-0.25, -0.2) is 9.78 Å². The van der Waals surface area contributed by atoms with Gasteiger partial charge in [0.2, 0.25) is 0 Å². The van der Waals surface area contributed by atoms with Crippen LogP contribution in [0.25, 0.3) is 0 Å². The molecular weight excluding hydrogens is 304 g/mol. The van der Waals surface area contributed by atoms with Gasteiger partial charge in [-0.15, -0.1) is 0 Å². The minimum atomic E-state index is -0.947. The number of carboxylic acids is 1. The van der Waals surface area contributed by atoms with Crippen LogP contribution in [-0.4, -0.2) is 45.6 Å². The van der Waals surface area contributed by atoms with Crippen LogP contribution in [0.1, 0.15) is 28.8 Å². The summed E-state index contributed by atoms with van der Waals surface area (Å²) in [6.07, 6.45) is 7.49. The Morgan fingerprint density at radius 1 is 1.21 bits per heavy atom. The predicted octanol–water partition coefficient (Wildman–Crippen LogP) is 2.50. The molecule has 2 aromatic rings. The first-order valence-electron chi connectivity index (χ1n) is 8.26. The van der Waals surface area contributed by atoms with Crippen LogP contribution in [0.5, 0.6) is 0 Å². The molecule has 3 rings (SSSR count). The first kappa shape index (κ1) is 16.4. The molecular formula is C18H22N4O2. The third kappa shape index (κ3) is 4.29. The van der Waals surface area contributed by atoms with Gasteiger partial charge in [-0.2, -0.15) is 0 Å². The summed E-state index contributed by atoms with van der Waals surface area (Å²) in [6.45, 7) is 3.85. The fourth-order valence-electron chi connectivity index (χ4n) is 3.05. The third-order valence-electron chi connectivity index (χ3n) is 4.46. The molecule has 0 atom stereocenters. The molecule has 1 fully saturated rings. The number of likely N-dealkylation sites (tertiary alicyclic amines) is 1. The molecule has 0 spiro atoms. The van der Waals surface area contributed by atoms with Crippen molar-refractivity contribution in [1.82, 2.24) is 14.9 Å².